The molecule has 0 bridgehead atoms. The molecule has 3 N–H and O–H groups in total. The zero-order chi connectivity index (χ0) is 61.5. The fourth-order valence-electron chi connectivity index (χ4n) is 9.53. The normalized spacial score (nSPS) is 14.3. The molecule has 0 spiro atoms. The van der Waals surface area contributed by atoms with Crippen LogP contribution < -0.4 is 0 Å². The number of rotatable bonds is 63. The number of hydrogen-bond donors (Lipinski definition) is 3. The van der Waals surface area contributed by atoms with Gasteiger partial charge in [-0.15, -0.1) is 0 Å². The minimum atomic E-state index is -4.94. The van der Waals surface area contributed by atoms with Crippen molar-refractivity contribution < 1.29 is 80.2 Å². The van der Waals surface area contributed by atoms with Gasteiger partial charge in [0, 0.05) is 25.7 Å². The first-order chi connectivity index (χ1) is 39.9. The molecule has 19 heteroatoms. The highest BCUT2D eigenvalue weighted by Gasteiger charge is 2.30. The van der Waals surface area contributed by atoms with Crippen molar-refractivity contribution in [3.05, 3.63) is 0 Å². The molecule has 0 saturated carbocycles. The average molecular weight is 1230 g/mol. The Morgan fingerprint density at radius 1 is 0.325 bits per heavy atom. The number of phosphoric ester groups is 2. The number of ether oxygens (including phenoxy) is 4. The number of aliphatic hydroxyl groups excluding tert-OH is 1. The lowest BCUT2D eigenvalue weighted by atomic mass is 10.0. The molecule has 0 rings (SSSR count). The van der Waals surface area contributed by atoms with E-state index in [0.717, 1.165) is 115 Å². The first-order valence-electron chi connectivity index (χ1n) is 33.5. The van der Waals surface area contributed by atoms with Crippen LogP contribution in [0.3, 0.4) is 0 Å². The number of phosphoric acid groups is 2. The van der Waals surface area contributed by atoms with E-state index in [1.165, 1.54) is 116 Å². The van der Waals surface area contributed by atoms with E-state index >= 15 is 0 Å². The predicted octanol–water partition coefficient (Wildman–Crippen LogP) is 17.7. The maximum atomic E-state index is 13.0. The van der Waals surface area contributed by atoms with Crippen molar-refractivity contribution in [2.45, 2.75) is 336 Å². The zero-order valence-electron chi connectivity index (χ0n) is 53.5. The third-order valence-electron chi connectivity index (χ3n) is 14.7. The summed E-state index contributed by atoms with van der Waals surface area (Å²) in [6, 6.07) is 0. The molecule has 0 heterocycles. The molecule has 17 nitrogen and oxygen atoms in total. The summed E-state index contributed by atoms with van der Waals surface area (Å²) < 4.78 is 67.8. The van der Waals surface area contributed by atoms with Crippen molar-refractivity contribution in [3.8, 4) is 0 Å². The van der Waals surface area contributed by atoms with Crippen LogP contribution in [0.5, 0.6) is 0 Å². The third kappa shape index (κ3) is 58.8. The Hall–Kier alpha value is -1.94. The third-order valence-corrected chi connectivity index (χ3v) is 16.6. The monoisotopic (exact) mass is 1230 g/mol. The molecule has 492 valence electrons. The van der Waals surface area contributed by atoms with Crippen LogP contribution in [0.25, 0.3) is 0 Å². The second-order valence-corrected chi connectivity index (χ2v) is 27.0. The maximum Gasteiger partial charge on any atom is 0.472 e. The Balaban J connectivity index is 5.14. The summed E-state index contributed by atoms with van der Waals surface area (Å²) in [5.74, 6) is -0.659. The van der Waals surface area contributed by atoms with Crippen molar-refractivity contribution in [2.24, 2.45) is 11.8 Å². The first kappa shape index (κ1) is 81.1. The number of carbonyl (C=O) groups is 4. The highest BCUT2D eigenvalue weighted by atomic mass is 31.2. The lowest BCUT2D eigenvalue weighted by molar-refractivity contribution is -0.161. The smallest absolute Gasteiger partial charge is 0.462 e. The van der Waals surface area contributed by atoms with E-state index in [0.29, 0.717) is 31.6 Å². The van der Waals surface area contributed by atoms with Gasteiger partial charge in [0.15, 0.2) is 12.2 Å². The molecular weight excluding hydrogens is 1100 g/mol. The fraction of sp³-hybridized carbons (Fsp3) is 0.938. The highest BCUT2D eigenvalue weighted by molar-refractivity contribution is 7.47. The standard InChI is InChI=1S/C64H124O17P2/c1-7-9-11-13-15-23-28-36-42-48-63(68)80-59(52-74-61(66)46-40-34-26-14-12-10-8-2)54-78-82(70,71)76-50-58(65)51-77-83(72,73)79-55-60(53-75-62(67)47-41-35-31-30-33-39-45-57(5)6)81-64(69)49-43-37-29-25-22-20-18-16-17-19-21-24-27-32-38-44-56(3)4/h56-60,65H,7-55H2,1-6H3,(H,70,71)(H,72,73)/t58-,59+,60+/m0/s1. The molecule has 0 amide bonds. The van der Waals surface area contributed by atoms with Gasteiger partial charge in [-0.25, -0.2) is 9.13 Å². The summed E-state index contributed by atoms with van der Waals surface area (Å²) >= 11 is 0. The molecule has 0 radical (unpaired) electrons. The van der Waals surface area contributed by atoms with Crippen molar-refractivity contribution in [3.63, 3.8) is 0 Å². The van der Waals surface area contributed by atoms with Gasteiger partial charge < -0.3 is 33.8 Å². The van der Waals surface area contributed by atoms with E-state index in [1.807, 2.05) is 0 Å². The number of esters is 4. The minimum Gasteiger partial charge on any atom is -0.462 e. The molecule has 0 saturated heterocycles. The van der Waals surface area contributed by atoms with Crippen LogP contribution in [0.15, 0.2) is 0 Å². The van der Waals surface area contributed by atoms with Crippen LogP contribution in [0.2, 0.25) is 0 Å². The lowest BCUT2D eigenvalue weighted by Crippen LogP contribution is -2.30. The van der Waals surface area contributed by atoms with Crippen molar-refractivity contribution in [1.82, 2.24) is 0 Å². The summed E-state index contributed by atoms with van der Waals surface area (Å²) in [6.45, 7) is 9.38. The Morgan fingerprint density at radius 2 is 0.554 bits per heavy atom. The second-order valence-electron chi connectivity index (χ2n) is 24.1. The Kier molecular flexibility index (Phi) is 55.2. The molecule has 5 atom stereocenters. The van der Waals surface area contributed by atoms with E-state index in [2.05, 4.69) is 41.5 Å². The Morgan fingerprint density at radius 3 is 0.819 bits per heavy atom. The molecule has 0 aromatic heterocycles. The minimum absolute atomic E-state index is 0.105. The second kappa shape index (κ2) is 56.6. The van der Waals surface area contributed by atoms with Crippen LogP contribution >= 0.6 is 15.6 Å². The van der Waals surface area contributed by atoms with Crippen LogP contribution in [0.4, 0.5) is 0 Å². The van der Waals surface area contributed by atoms with E-state index in [-0.39, 0.29) is 25.7 Å². The summed E-state index contributed by atoms with van der Waals surface area (Å²) in [7, 11) is -9.88. The van der Waals surface area contributed by atoms with Gasteiger partial charge in [-0.2, -0.15) is 0 Å². The van der Waals surface area contributed by atoms with E-state index in [9.17, 15) is 43.2 Å². The molecule has 0 aliphatic heterocycles. The van der Waals surface area contributed by atoms with Gasteiger partial charge in [-0.3, -0.25) is 37.3 Å². The quantitative estimate of drug-likeness (QED) is 0.0222. The fourth-order valence-corrected chi connectivity index (χ4v) is 11.1. The molecule has 0 aliphatic rings. The van der Waals surface area contributed by atoms with E-state index in [4.69, 9.17) is 37.0 Å². The van der Waals surface area contributed by atoms with Gasteiger partial charge in [0.1, 0.15) is 19.3 Å². The lowest BCUT2D eigenvalue weighted by Gasteiger charge is -2.21. The summed E-state index contributed by atoms with van der Waals surface area (Å²) in [4.78, 5) is 72.0. The molecule has 83 heavy (non-hydrogen) atoms. The van der Waals surface area contributed by atoms with Gasteiger partial charge in [0.25, 0.3) is 0 Å². The van der Waals surface area contributed by atoms with Crippen LogP contribution in [-0.4, -0.2) is 96.7 Å². The van der Waals surface area contributed by atoms with E-state index in [1.54, 1.807) is 0 Å². The Labute approximate surface area is 505 Å². The van der Waals surface area contributed by atoms with Gasteiger partial charge in [-0.1, -0.05) is 266 Å². The van der Waals surface area contributed by atoms with Gasteiger partial charge in [0.05, 0.1) is 26.4 Å². The number of aliphatic hydroxyl groups is 1. The van der Waals surface area contributed by atoms with Gasteiger partial charge in [-0.05, 0) is 37.5 Å². The molecule has 2 unspecified atom stereocenters. The van der Waals surface area contributed by atoms with Crippen LogP contribution in [0, 0.1) is 11.8 Å². The molecule has 0 aromatic carbocycles. The summed E-state index contributed by atoms with van der Waals surface area (Å²) in [5.41, 5.74) is 0. The zero-order valence-corrected chi connectivity index (χ0v) is 55.3. The van der Waals surface area contributed by atoms with Gasteiger partial charge >= 0.3 is 39.5 Å². The summed E-state index contributed by atoms with van der Waals surface area (Å²) in [6.07, 6.45) is 39.3. The average Bonchev–Trinajstić information content (AvgIpc) is 3.46. The number of carbonyl (C=O) groups excluding carboxylic acids is 4. The SMILES string of the molecule is CCCCCCCCCCCC(=O)O[C@H](COC(=O)CCCCCCCCC)COP(=O)(O)OC[C@H](O)COP(=O)(O)OC[C@@H](COC(=O)CCCCCCCCC(C)C)OC(=O)CCCCCCCCCCCCCCCCCC(C)C. The van der Waals surface area contributed by atoms with Crippen LogP contribution in [0.1, 0.15) is 318 Å². The molecular formula is C64H124O17P2. The predicted molar refractivity (Wildman–Crippen MR) is 331 cm³/mol. The molecule has 0 fully saturated rings. The maximum absolute atomic E-state index is 13.0. The van der Waals surface area contributed by atoms with Crippen LogP contribution in [-0.2, 0) is 65.4 Å². The summed E-state index contributed by atoms with van der Waals surface area (Å²) in [5, 5.41) is 10.5. The number of hydrogen-bond acceptors (Lipinski definition) is 15. The van der Waals surface area contributed by atoms with Crippen molar-refractivity contribution in [1.29, 1.82) is 0 Å². The van der Waals surface area contributed by atoms with E-state index < -0.39 is 97.5 Å². The largest absolute Gasteiger partial charge is 0.472 e. The first-order valence-corrected chi connectivity index (χ1v) is 36.5. The van der Waals surface area contributed by atoms with Gasteiger partial charge in [0.2, 0.25) is 0 Å². The molecule has 0 aromatic rings. The molecule has 0 aliphatic carbocycles. The topological polar surface area (TPSA) is 237 Å². The Bertz CT molecular complexity index is 1630. The van der Waals surface area contributed by atoms with Crippen molar-refractivity contribution in [2.75, 3.05) is 39.6 Å². The van der Waals surface area contributed by atoms with Crippen molar-refractivity contribution >= 4 is 39.5 Å². The number of unbranched alkanes of at least 4 members (excludes halogenated alkanes) is 33. The highest BCUT2D eigenvalue weighted by Crippen LogP contribution is 2.45.